The number of hydrogen-bond donors (Lipinski definition) is 0. The predicted molar refractivity (Wildman–Crippen MR) is 66.7 cm³/mol. The highest BCUT2D eigenvalue weighted by Gasteiger charge is 2.22. The van der Waals surface area contributed by atoms with Crippen molar-refractivity contribution in [2.24, 2.45) is 5.92 Å². The lowest BCUT2D eigenvalue weighted by molar-refractivity contribution is 0.610. The second-order valence-corrected chi connectivity index (χ2v) is 8.15. The van der Waals surface area contributed by atoms with Gasteiger partial charge in [-0.15, -0.1) is 20.3 Å². The van der Waals surface area contributed by atoms with Gasteiger partial charge in [-0.3, -0.25) is 0 Å². The Hall–Kier alpha value is 0.0600. The van der Waals surface area contributed by atoms with Crippen LogP contribution in [-0.4, -0.2) is 16.4 Å². The Morgan fingerprint density at radius 2 is 2.21 bits per heavy atom. The van der Waals surface area contributed by atoms with Gasteiger partial charge >= 0.3 is 0 Å². The first kappa shape index (κ1) is 10.6. The Kier molecular flexibility index (Phi) is 3.95. The third-order valence-corrected chi connectivity index (χ3v) is 7.92. The monoisotopic (exact) mass is 227 g/mol. The van der Waals surface area contributed by atoms with Gasteiger partial charge in [0.25, 0.3) is 0 Å². The molecule has 2 unspecified atom stereocenters. The molecular weight excluding hydrogens is 210 g/mol. The van der Waals surface area contributed by atoms with Crippen LogP contribution in [0.15, 0.2) is 0 Å². The van der Waals surface area contributed by atoms with E-state index in [4.69, 9.17) is 5.26 Å². The summed E-state index contributed by atoms with van der Waals surface area (Å²) in [4.78, 5) is 1.61. The average molecular weight is 227 g/mol. The molecule has 1 saturated heterocycles. The van der Waals surface area contributed by atoms with Crippen molar-refractivity contribution in [1.82, 2.24) is 0 Å². The van der Waals surface area contributed by atoms with Crippen molar-refractivity contribution in [1.29, 1.82) is 5.26 Å². The van der Waals surface area contributed by atoms with Gasteiger partial charge in [0.2, 0.25) is 0 Å². The molecule has 14 heavy (non-hydrogen) atoms. The van der Waals surface area contributed by atoms with Crippen molar-refractivity contribution in [3.05, 3.63) is 0 Å². The van der Waals surface area contributed by atoms with Crippen molar-refractivity contribution in [3.8, 4) is 6.07 Å². The van der Waals surface area contributed by atoms with Gasteiger partial charge in [-0.25, -0.2) is 0 Å². The molecule has 78 valence electrons. The molecule has 0 spiro atoms. The normalized spacial score (nSPS) is 36.4. The van der Waals surface area contributed by atoms with E-state index >= 15 is 0 Å². The number of nitriles is 1. The van der Waals surface area contributed by atoms with Gasteiger partial charge in [-0.1, -0.05) is 6.42 Å². The molecule has 1 nitrogen and oxygen atoms in total. The van der Waals surface area contributed by atoms with Crippen molar-refractivity contribution < 1.29 is 0 Å². The van der Waals surface area contributed by atoms with E-state index in [1.807, 2.05) is 0 Å². The summed E-state index contributed by atoms with van der Waals surface area (Å²) < 4.78 is 0. The fourth-order valence-corrected chi connectivity index (χ4v) is 7.25. The summed E-state index contributed by atoms with van der Waals surface area (Å²) in [5.41, 5.74) is 0. The van der Waals surface area contributed by atoms with E-state index < -0.39 is 0 Å². The topological polar surface area (TPSA) is 23.8 Å². The molecule has 0 aromatic carbocycles. The Morgan fingerprint density at radius 1 is 1.29 bits per heavy atom. The summed E-state index contributed by atoms with van der Waals surface area (Å²) in [5, 5.41) is 9.12. The third-order valence-electron chi connectivity index (χ3n) is 2.95. The van der Waals surface area contributed by atoms with Crippen LogP contribution in [0.2, 0.25) is 0 Å². The van der Waals surface area contributed by atoms with Crippen LogP contribution in [0.25, 0.3) is 0 Å². The second kappa shape index (κ2) is 5.23. The molecule has 0 N–H and O–H groups in total. The smallest absolute Gasteiger partial charge is 0.0733 e. The summed E-state index contributed by atoms with van der Waals surface area (Å²) in [7, 11) is 2.58. The molecule has 3 heteroatoms. The second-order valence-electron chi connectivity index (χ2n) is 3.97. The van der Waals surface area contributed by atoms with E-state index in [1.54, 1.807) is 4.86 Å². The molecule has 1 aliphatic heterocycles. The molecule has 1 aliphatic carbocycles. The van der Waals surface area contributed by atoms with E-state index in [9.17, 15) is 0 Å². The minimum atomic E-state index is 0.303. The summed E-state index contributed by atoms with van der Waals surface area (Å²) in [6.07, 6.45) is 7.75. The molecule has 0 radical (unpaired) electrons. The number of rotatable bonds is 0. The highest BCUT2D eigenvalue weighted by Crippen LogP contribution is 2.42. The van der Waals surface area contributed by atoms with Gasteiger partial charge in [-0.2, -0.15) is 5.26 Å². The van der Waals surface area contributed by atoms with E-state index in [0.29, 0.717) is 15.4 Å². The van der Waals surface area contributed by atoms with E-state index in [2.05, 4.69) is 16.9 Å². The zero-order valence-electron chi connectivity index (χ0n) is 8.50. The largest absolute Gasteiger partial charge is 0.198 e. The highest BCUT2D eigenvalue weighted by atomic mass is 33.1. The Balaban J connectivity index is 2.15. The first-order valence-electron chi connectivity index (χ1n) is 5.51. The van der Waals surface area contributed by atoms with Gasteiger partial charge in [0.05, 0.1) is 12.0 Å². The highest BCUT2D eigenvalue weighted by molar-refractivity contribution is 8.84. The molecule has 1 heterocycles. The van der Waals surface area contributed by atoms with Crippen LogP contribution in [0.5, 0.6) is 0 Å². The zero-order valence-corrected chi connectivity index (χ0v) is 10.1. The molecule has 2 rings (SSSR count). The van der Waals surface area contributed by atoms with E-state index in [0.717, 1.165) is 6.42 Å². The molecule has 2 atom stereocenters. The summed E-state index contributed by atoms with van der Waals surface area (Å²) >= 11 is 0. The molecule has 2 aliphatic rings. The van der Waals surface area contributed by atoms with Crippen LogP contribution in [0.1, 0.15) is 38.5 Å². The van der Waals surface area contributed by atoms with Crippen molar-refractivity contribution in [3.63, 3.8) is 0 Å². The first-order chi connectivity index (χ1) is 6.92. The number of hydrogen-bond acceptors (Lipinski definition) is 2. The van der Waals surface area contributed by atoms with Crippen LogP contribution < -0.4 is 0 Å². The zero-order chi connectivity index (χ0) is 9.80. The van der Waals surface area contributed by atoms with Gasteiger partial charge < -0.3 is 0 Å². The fraction of sp³-hybridized carbons (Fsp3) is 0.818. The van der Waals surface area contributed by atoms with E-state index in [-0.39, 0.29) is 0 Å². The van der Waals surface area contributed by atoms with Crippen LogP contribution in [0.4, 0.5) is 0 Å². The molecule has 0 aromatic heterocycles. The van der Waals surface area contributed by atoms with Gasteiger partial charge in [0.1, 0.15) is 0 Å². The minimum absolute atomic E-state index is 0.303. The Morgan fingerprint density at radius 3 is 2.93 bits per heavy atom. The maximum atomic E-state index is 9.12. The van der Waals surface area contributed by atoms with Gasteiger partial charge in [0.15, 0.2) is 0 Å². The van der Waals surface area contributed by atoms with E-state index in [1.165, 1.54) is 43.6 Å². The molecular formula is C11H17NS2. The van der Waals surface area contributed by atoms with Crippen LogP contribution in [-0.2, 0) is 0 Å². The lowest BCUT2D eigenvalue weighted by Gasteiger charge is -2.26. The van der Waals surface area contributed by atoms with Crippen molar-refractivity contribution >= 4 is 25.2 Å². The maximum Gasteiger partial charge on any atom is 0.0733 e. The average Bonchev–Trinajstić information content (AvgIpc) is 2.30. The lowest BCUT2D eigenvalue weighted by atomic mass is 9.90. The summed E-state index contributed by atoms with van der Waals surface area (Å²) in [6.45, 7) is 0. The third kappa shape index (κ3) is 2.35. The van der Waals surface area contributed by atoms with Crippen LogP contribution >= 0.6 is 20.3 Å². The molecule has 1 saturated carbocycles. The molecule has 2 fully saturated rings. The van der Waals surface area contributed by atoms with Crippen molar-refractivity contribution in [2.75, 3.05) is 11.5 Å². The van der Waals surface area contributed by atoms with Crippen molar-refractivity contribution in [2.45, 2.75) is 38.5 Å². The standard InChI is InChI=1S/C11H17NS2/c12-9-10-5-1-2-6-11(10)14-8-4-3-7-13-14/h10H,1-8H2. The molecule has 0 amide bonds. The maximum absolute atomic E-state index is 9.12. The minimum Gasteiger partial charge on any atom is -0.198 e. The predicted octanol–water partition coefficient (Wildman–Crippen LogP) is 3.58. The Labute approximate surface area is 92.6 Å². The SMILES string of the molecule is N#CC1CCCCC1=S1CCCCS1. The Bertz CT molecular complexity index is 270. The van der Waals surface area contributed by atoms with Gasteiger partial charge in [-0.05, 0) is 42.7 Å². The number of nitrogens with zero attached hydrogens (tertiary/aromatic N) is 1. The first-order valence-corrected chi connectivity index (χ1v) is 8.41. The summed E-state index contributed by atoms with van der Waals surface area (Å²) in [5.74, 6) is 2.99. The fourth-order valence-electron chi connectivity index (χ4n) is 2.15. The molecule has 0 aromatic rings. The molecule has 0 bridgehead atoms. The van der Waals surface area contributed by atoms with Crippen LogP contribution in [0, 0.1) is 17.2 Å². The quantitative estimate of drug-likeness (QED) is 0.466. The van der Waals surface area contributed by atoms with Crippen LogP contribution in [0.3, 0.4) is 0 Å². The summed E-state index contributed by atoms with van der Waals surface area (Å²) in [6, 6.07) is 2.51. The van der Waals surface area contributed by atoms with Gasteiger partial charge in [0, 0.05) is 5.75 Å². The lowest BCUT2D eigenvalue weighted by Crippen LogP contribution is -2.18.